The van der Waals surface area contributed by atoms with E-state index in [0.29, 0.717) is 36.9 Å². The molecule has 1 aromatic rings. The van der Waals surface area contributed by atoms with Crippen LogP contribution < -0.4 is 5.32 Å². The maximum atomic E-state index is 13.6. The second-order valence-electron chi connectivity index (χ2n) is 9.09. The molecule has 1 aliphatic carbocycles. The van der Waals surface area contributed by atoms with Gasteiger partial charge in [0.2, 0.25) is 5.91 Å². The zero-order chi connectivity index (χ0) is 20.6. The molecular weight excluding hydrogens is 381 g/mol. The third-order valence-electron chi connectivity index (χ3n) is 6.99. The third kappa shape index (κ3) is 4.56. The molecule has 2 fully saturated rings. The molecule has 2 aliphatic heterocycles. The molecule has 162 valence electrons. The van der Waals surface area contributed by atoms with Gasteiger partial charge in [-0.2, -0.15) is 18.3 Å². The van der Waals surface area contributed by atoms with Gasteiger partial charge >= 0.3 is 6.18 Å². The number of amides is 1. The van der Waals surface area contributed by atoms with Crippen molar-refractivity contribution >= 4 is 11.7 Å². The van der Waals surface area contributed by atoms with E-state index in [9.17, 15) is 18.0 Å². The number of carbonyl (C=O) groups excluding carboxylic acids is 1. The topological polar surface area (TPSA) is 50.2 Å². The summed E-state index contributed by atoms with van der Waals surface area (Å²) in [6.07, 6.45) is 3.87. The Kier molecular flexibility index (Phi) is 5.80. The van der Waals surface area contributed by atoms with Crippen molar-refractivity contribution in [3.63, 3.8) is 0 Å². The molecule has 0 bridgehead atoms. The van der Waals surface area contributed by atoms with Gasteiger partial charge in [-0.05, 0) is 50.9 Å². The van der Waals surface area contributed by atoms with Gasteiger partial charge in [0.15, 0.2) is 6.04 Å². The molecule has 1 saturated carbocycles. The van der Waals surface area contributed by atoms with Gasteiger partial charge in [0, 0.05) is 31.6 Å². The van der Waals surface area contributed by atoms with Crippen molar-refractivity contribution in [2.24, 2.45) is 11.8 Å². The molecule has 5 nitrogen and oxygen atoms in total. The highest BCUT2D eigenvalue weighted by Crippen LogP contribution is 2.42. The van der Waals surface area contributed by atoms with Crippen molar-refractivity contribution in [1.82, 2.24) is 14.7 Å². The van der Waals surface area contributed by atoms with Crippen LogP contribution in [0.15, 0.2) is 6.07 Å². The van der Waals surface area contributed by atoms with E-state index in [4.69, 9.17) is 0 Å². The minimum Gasteiger partial charge on any atom is -0.367 e. The predicted molar refractivity (Wildman–Crippen MR) is 105 cm³/mol. The van der Waals surface area contributed by atoms with Gasteiger partial charge in [-0.25, -0.2) is 4.68 Å². The van der Waals surface area contributed by atoms with E-state index in [-0.39, 0.29) is 24.3 Å². The van der Waals surface area contributed by atoms with E-state index in [1.165, 1.54) is 19.3 Å². The van der Waals surface area contributed by atoms with Crippen LogP contribution in [-0.2, 0) is 4.79 Å². The van der Waals surface area contributed by atoms with Crippen molar-refractivity contribution in [3.05, 3.63) is 11.8 Å². The Morgan fingerprint density at radius 1 is 1.17 bits per heavy atom. The highest BCUT2D eigenvalue weighted by molar-refractivity contribution is 5.76. The zero-order valence-electron chi connectivity index (χ0n) is 17.0. The first kappa shape index (κ1) is 20.5. The Balaban J connectivity index is 1.35. The molecule has 1 saturated heterocycles. The number of halogens is 3. The monoisotopic (exact) mass is 412 g/mol. The van der Waals surface area contributed by atoms with Crippen LogP contribution in [0.5, 0.6) is 0 Å². The zero-order valence-corrected chi connectivity index (χ0v) is 17.0. The molecule has 4 rings (SSSR count). The molecule has 1 aromatic heterocycles. The fraction of sp³-hybridized carbons (Fsp3) is 0.810. The van der Waals surface area contributed by atoms with Crippen LogP contribution in [0, 0.1) is 18.8 Å². The Bertz CT molecular complexity index is 718. The summed E-state index contributed by atoms with van der Waals surface area (Å²) >= 11 is 0. The number of aryl methyl sites for hydroxylation is 1. The summed E-state index contributed by atoms with van der Waals surface area (Å²) in [5.74, 6) is 1.35. The van der Waals surface area contributed by atoms with Gasteiger partial charge in [-0.3, -0.25) is 4.79 Å². The summed E-state index contributed by atoms with van der Waals surface area (Å²) in [6, 6.07) is -0.127. The molecule has 0 aromatic carbocycles. The second-order valence-corrected chi connectivity index (χ2v) is 9.09. The summed E-state index contributed by atoms with van der Waals surface area (Å²) in [4.78, 5) is 14.6. The van der Waals surface area contributed by atoms with Crippen LogP contribution in [-0.4, -0.2) is 45.9 Å². The Morgan fingerprint density at radius 2 is 1.86 bits per heavy atom. The van der Waals surface area contributed by atoms with Crippen LogP contribution >= 0.6 is 0 Å². The molecule has 1 amide bonds. The van der Waals surface area contributed by atoms with Crippen LogP contribution in [0.4, 0.5) is 19.0 Å². The lowest BCUT2D eigenvalue weighted by Gasteiger charge is -2.41. The predicted octanol–water partition coefficient (Wildman–Crippen LogP) is 4.69. The minimum absolute atomic E-state index is 0.00168. The van der Waals surface area contributed by atoms with Crippen molar-refractivity contribution in [3.8, 4) is 0 Å². The number of nitrogens with one attached hydrogen (secondary N) is 1. The quantitative estimate of drug-likeness (QED) is 0.784. The lowest BCUT2D eigenvalue weighted by molar-refractivity contribution is -0.174. The summed E-state index contributed by atoms with van der Waals surface area (Å²) < 4.78 is 41.9. The molecule has 2 atom stereocenters. The standard InChI is InChI=1S/C21H31F3N4O/c1-14-11-19-25-17(13-18(21(22,23)24)28(19)26-14)16-7-9-27(10-8-16)20(29)12-15-5-3-2-4-6-15/h11,15-18,25H,2-10,12-13H2,1H3/t17-,18+/m0/s1. The number of nitrogens with zero attached hydrogens (tertiary/aromatic N) is 3. The summed E-state index contributed by atoms with van der Waals surface area (Å²) in [7, 11) is 0. The lowest BCUT2D eigenvalue weighted by Crippen LogP contribution is -2.47. The highest BCUT2D eigenvalue weighted by atomic mass is 19.4. The number of rotatable bonds is 3. The first-order chi connectivity index (χ1) is 13.8. The van der Waals surface area contributed by atoms with Crippen LogP contribution in [0.25, 0.3) is 0 Å². The smallest absolute Gasteiger partial charge is 0.367 e. The number of alkyl halides is 3. The minimum atomic E-state index is -4.32. The molecule has 0 unspecified atom stereocenters. The number of piperidine rings is 1. The summed E-state index contributed by atoms with van der Waals surface area (Å²) in [6.45, 7) is 3.03. The average Bonchev–Trinajstić information content (AvgIpc) is 3.07. The summed E-state index contributed by atoms with van der Waals surface area (Å²) in [5.41, 5.74) is 0.588. The van der Waals surface area contributed by atoms with Gasteiger partial charge in [0.25, 0.3) is 0 Å². The molecule has 0 radical (unpaired) electrons. The van der Waals surface area contributed by atoms with Gasteiger partial charge in [-0.1, -0.05) is 19.3 Å². The fourth-order valence-electron chi connectivity index (χ4n) is 5.35. The van der Waals surface area contributed by atoms with E-state index in [1.807, 2.05) is 4.90 Å². The average molecular weight is 413 g/mol. The highest BCUT2D eigenvalue weighted by Gasteiger charge is 2.47. The molecule has 1 N–H and O–H groups in total. The van der Waals surface area contributed by atoms with E-state index < -0.39 is 12.2 Å². The van der Waals surface area contributed by atoms with Crippen LogP contribution in [0.1, 0.15) is 69.5 Å². The Morgan fingerprint density at radius 3 is 2.52 bits per heavy atom. The number of hydrogen-bond acceptors (Lipinski definition) is 3. The van der Waals surface area contributed by atoms with Crippen LogP contribution in [0.3, 0.4) is 0 Å². The summed E-state index contributed by atoms with van der Waals surface area (Å²) in [5, 5.41) is 7.35. The number of aromatic nitrogens is 2. The Labute approximate surface area is 170 Å². The Hall–Kier alpha value is -1.73. The lowest BCUT2D eigenvalue weighted by atomic mass is 9.84. The van der Waals surface area contributed by atoms with Gasteiger partial charge < -0.3 is 10.2 Å². The first-order valence-corrected chi connectivity index (χ1v) is 11.0. The number of carbonyl (C=O) groups is 1. The maximum absolute atomic E-state index is 13.6. The molecule has 3 aliphatic rings. The molecular formula is C21H31F3N4O. The van der Waals surface area contributed by atoms with Gasteiger partial charge in [0.05, 0.1) is 5.69 Å². The SMILES string of the molecule is Cc1cc2n(n1)[C@@H](C(F)(F)F)C[C@@H](C1CCN(C(=O)CC3CCCCC3)CC1)N2. The van der Waals surface area contributed by atoms with E-state index in [2.05, 4.69) is 10.4 Å². The first-order valence-electron chi connectivity index (χ1n) is 11.0. The molecule has 0 spiro atoms. The van der Waals surface area contributed by atoms with E-state index in [0.717, 1.165) is 30.4 Å². The molecule has 8 heteroatoms. The molecule has 29 heavy (non-hydrogen) atoms. The fourth-order valence-corrected chi connectivity index (χ4v) is 5.35. The van der Waals surface area contributed by atoms with E-state index >= 15 is 0 Å². The van der Waals surface area contributed by atoms with Gasteiger partial charge in [0.1, 0.15) is 5.82 Å². The number of anilines is 1. The van der Waals surface area contributed by atoms with Crippen molar-refractivity contribution < 1.29 is 18.0 Å². The number of likely N-dealkylation sites (tertiary alicyclic amines) is 1. The molecule has 3 heterocycles. The van der Waals surface area contributed by atoms with Gasteiger partial charge in [-0.15, -0.1) is 0 Å². The second kappa shape index (κ2) is 8.19. The number of fused-ring (bicyclic) bond motifs is 1. The number of hydrogen-bond donors (Lipinski definition) is 1. The van der Waals surface area contributed by atoms with Crippen molar-refractivity contribution in [1.29, 1.82) is 0 Å². The normalized spacial score (nSPS) is 26.8. The third-order valence-corrected chi connectivity index (χ3v) is 6.99. The van der Waals surface area contributed by atoms with Crippen molar-refractivity contribution in [2.75, 3.05) is 18.4 Å². The maximum Gasteiger partial charge on any atom is 0.410 e. The van der Waals surface area contributed by atoms with Crippen LogP contribution in [0.2, 0.25) is 0 Å². The van der Waals surface area contributed by atoms with E-state index in [1.54, 1.807) is 13.0 Å². The largest absolute Gasteiger partial charge is 0.410 e. The van der Waals surface area contributed by atoms with Crippen molar-refractivity contribution in [2.45, 2.75) is 83.0 Å².